The first-order chi connectivity index (χ1) is 16.0. The lowest BCUT2D eigenvalue weighted by atomic mass is 10.0. The van der Waals surface area contributed by atoms with Crippen LogP contribution in [0.15, 0.2) is 89.3 Å². The van der Waals surface area contributed by atoms with Gasteiger partial charge in [-0.1, -0.05) is 80.6 Å². The van der Waals surface area contributed by atoms with E-state index in [0.29, 0.717) is 35.6 Å². The van der Waals surface area contributed by atoms with E-state index in [1.807, 2.05) is 98.8 Å². The molecular weight excluding hydrogens is 414 g/mol. The van der Waals surface area contributed by atoms with Crippen molar-refractivity contribution in [3.63, 3.8) is 0 Å². The molecule has 4 aromatic rings. The highest BCUT2D eigenvalue weighted by Gasteiger charge is 2.28. The van der Waals surface area contributed by atoms with Crippen molar-refractivity contribution in [1.82, 2.24) is 0 Å². The van der Waals surface area contributed by atoms with Gasteiger partial charge in [-0.3, -0.25) is 9.59 Å². The second-order valence-electron chi connectivity index (χ2n) is 8.29. The van der Waals surface area contributed by atoms with Crippen LogP contribution in [-0.2, 0) is 11.2 Å². The third-order valence-electron chi connectivity index (χ3n) is 5.50. The van der Waals surface area contributed by atoms with Crippen molar-refractivity contribution < 1.29 is 18.7 Å². The van der Waals surface area contributed by atoms with Gasteiger partial charge in [0.25, 0.3) is 11.9 Å². The van der Waals surface area contributed by atoms with Crippen LogP contribution in [-0.4, -0.2) is 17.8 Å². The fourth-order valence-corrected chi connectivity index (χ4v) is 3.76. The summed E-state index contributed by atoms with van der Waals surface area (Å²) in [7, 11) is 0. The molecule has 168 valence electrons. The standard InChI is InChI=1S/C28H27NO4/c1-19(2)26(27(31)29-21-13-7-4-8-14-21)33-28-23(22-15-9-10-16-25(22)32-28)17-18-24(30)20-11-5-3-6-12-20/h3-16,19,26H,17-18H2,1-2H3,(H,29,31). The van der Waals surface area contributed by atoms with Crippen molar-refractivity contribution in [3.8, 4) is 5.95 Å². The molecule has 1 amide bonds. The molecule has 5 heteroatoms. The van der Waals surface area contributed by atoms with Crippen LogP contribution in [0.4, 0.5) is 5.69 Å². The van der Waals surface area contributed by atoms with E-state index in [4.69, 9.17) is 9.15 Å². The number of hydrogen-bond donors (Lipinski definition) is 1. The minimum atomic E-state index is -0.755. The van der Waals surface area contributed by atoms with Gasteiger partial charge >= 0.3 is 0 Å². The maximum Gasteiger partial charge on any atom is 0.289 e. The lowest BCUT2D eigenvalue weighted by Gasteiger charge is -2.21. The second-order valence-corrected chi connectivity index (χ2v) is 8.29. The van der Waals surface area contributed by atoms with Gasteiger partial charge in [-0.15, -0.1) is 0 Å². The molecule has 1 N–H and O–H groups in total. The Hall–Kier alpha value is -3.86. The predicted octanol–water partition coefficient (Wildman–Crippen LogP) is 6.29. The molecule has 33 heavy (non-hydrogen) atoms. The monoisotopic (exact) mass is 441 g/mol. The van der Waals surface area contributed by atoms with Crippen LogP contribution in [0.3, 0.4) is 0 Å². The SMILES string of the molecule is CC(C)C(Oc1oc2ccccc2c1CCC(=O)c1ccccc1)C(=O)Nc1ccccc1. The molecule has 0 fully saturated rings. The molecule has 1 unspecified atom stereocenters. The second kappa shape index (κ2) is 10.2. The van der Waals surface area contributed by atoms with E-state index < -0.39 is 6.10 Å². The normalized spacial score (nSPS) is 12.0. The van der Waals surface area contributed by atoms with Crippen molar-refractivity contribution >= 4 is 28.3 Å². The number of nitrogens with one attached hydrogen (secondary N) is 1. The molecular formula is C28H27NO4. The summed E-state index contributed by atoms with van der Waals surface area (Å²) in [5, 5.41) is 3.80. The van der Waals surface area contributed by atoms with Gasteiger partial charge in [0.05, 0.1) is 0 Å². The Kier molecular flexibility index (Phi) is 6.89. The minimum absolute atomic E-state index is 0.0501. The molecule has 0 aliphatic heterocycles. The van der Waals surface area contributed by atoms with Crippen LogP contribution in [0.1, 0.15) is 36.2 Å². The van der Waals surface area contributed by atoms with Crippen molar-refractivity contribution in [2.75, 3.05) is 5.32 Å². The van der Waals surface area contributed by atoms with Gasteiger partial charge in [0, 0.05) is 28.6 Å². The number of furan rings is 1. The summed E-state index contributed by atoms with van der Waals surface area (Å²) in [5.74, 6) is -0.00303. The number of hydrogen-bond acceptors (Lipinski definition) is 4. The quantitative estimate of drug-likeness (QED) is 0.310. The number of rotatable bonds is 9. The predicted molar refractivity (Wildman–Crippen MR) is 130 cm³/mol. The third-order valence-corrected chi connectivity index (χ3v) is 5.50. The zero-order chi connectivity index (χ0) is 23.2. The molecule has 0 bridgehead atoms. The van der Waals surface area contributed by atoms with Gasteiger partial charge in [-0.2, -0.15) is 0 Å². The van der Waals surface area contributed by atoms with Gasteiger partial charge in [-0.05, 0) is 30.5 Å². The molecule has 3 aromatic carbocycles. The van der Waals surface area contributed by atoms with Gasteiger partial charge in [0.15, 0.2) is 11.9 Å². The molecule has 0 radical (unpaired) electrons. The van der Waals surface area contributed by atoms with Crippen molar-refractivity contribution in [1.29, 1.82) is 0 Å². The van der Waals surface area contributed by atoms with Crippen molar-refractivity contribution in [3.05, 3.63) is 96.1 Å². The number of carbonyl (C=O) groups is 2. The van der Waals surface area contributed by atoms with E-state index in [1.54, 1.807) is 0 Å². The summed E-state index contributed by atoms with van der Waals surface area (Å²) < 4.78 is 12.2. The van der Waals surface area contributed by atoms with Crippen molar-refractivity contribution in [2.45, 2.75) is 32.8 Å². The summed E-state index contributed by atoms with van der Waals surface area (Å²) in [6.45, 7) is 3.85. The Labute approximate surface area is 193 Å². The van der Waals surface area contributed by atoms with E-state index >= 15 is 0 Å². The Bertz CT molecular complexity index is 1230. The number of Topliss-reactive ketones (excluding diaryl/α,β-unsaturated/α-hetero) is 1. The molecule has 0 aliphatic rings. The molecule has 0 saturated carbocycles. The number of carbonyl (C=O) groups excluding carboxylic acids is 2. The maximum absolute atomic E-state index is 13.0. The molecule has 0 spiro atoms. The first-order valence-corrected chi connectivity index (χ1v) is 11.1. The van der Waals surface area contributed by atoms with Gasteiger partial charge < -0.3 is 14.5 Å². The number of benzene rings is 3. The Balaban J connectivity index is 1.58. The number of aryl methyl sites for hydroxylation is 1. The Morgan fingerprint density at radius 2 is 1.52 bits per heavy atom. The highest BCUT2D eigenvalue weighted by molar-refractivity contribution is 5.97. The van der Waals surface area contributed by atoms with Crippen LogP contribution in [0, 0.1) is 5.92 Å². The maximum atomic E-state index is 13.0. The van der Waals surface area contributed by atoms with Gasteiger partial charge in [0.2, 0.25) is 0 Å². The third kappa shape index (κ3) is 5.32. The Morgan fingerprint density at radius 1 is 0.879 bits per heavy atom. The summed E-state index contributed by atoms with van der Waals surface area (Å²) in [4.78, 5) is 25.7. The van der Waals surface area contributed by atoms with E-state index in [2.05, 4.69) is 5.32 Å². The zero-order valence-corrected chi connectivity index (χ0v) is 18.8. The van der Waals surface area contributed by atoms with Crippen LogP contribution in [0.25, 0.3) is 11.0 Å². The number of para-hydroxylation sites is 2. The molecule has 0 saturated heterocycles. The summed E-state index contributed by atoms with van der Waals surface area (Å²) in [6.07, 6.45) is 0.00632. The van der Waals surface area contributed by atoms with Crippen molar-refractivity contribution in [2.24, 2.45) is 5.92 Å². The van der Waals surface area contributed by atoms with E-state index in [-0.39, 0.29) is 17.6 Å². The van der Waals surface area contributed by atoms with Crippen LogP contribution in [0.5, 0.6) is 5.95 Å². The van der Waals surface area contributed by atoms with E-state index in [9.17, 15) is 9.59 Å². The number of anilines is 1. The molecule has 1 atom stereocenters. The molecule has 4 rings (SSSR count). The highest BCUT2D eigenvalue weighted by Crippen LogP contribution is 2.34. The molecule has 0 aliphatic carbocycles. The average molecular weight is 442 g/mol. The fraction of sp³-hybridized carbons (Fsp3) is 0.214. The lowest BCUT2D eigenvalue weighted by Crippen LogP contribution is -2.37. The van der Waals surface area contributed by atoms with Crippen LogP contribution < -0.4 is 10.1 Å². The first kappa shape index (κ1) is 22.3. The summed E-state index contributed by atoms with van der Waals surface area (Å²) >= 11 is 0. The largest absolute Gasteiger partial charge is 0.451 e. The number of amides is 1. The zero-order valence-electron chi connectivity index (χ0n) is 18.8. The fourth-order valence-electron chi connectivity index (χ4n) is 3.76. The first-order valence-electron chi connectivity index (χ1n) is 11.1. The topological polar surface area (TPSA) is 68.5 Å². The van der Waals surface area contributed by atoms with E-state index in [1.165, 1.54) is 0 Å². The van der Waals surface area contributed by atoms with Crippen LogP contribution >= 0.6 is 0 Å². The highest BCUT2D eigenvalue weighted by atomic mass is 16.6. The minimum Gasteiger partial charge on any atom is -0.451 e. The lowest BCUT2D eigenvalue weighted by molar-refractivity contribution is -0.125. The number of ketones is 1. The van der Waals surface area contributed by atoms with Gasteiger partial charge in [0.1, 0.15) is 5.58 Å². The summed E-state index contributed by atoms with van der Waals surface area (Å²) in [5.41, 5.74) is 2.85. The molecule has 1 heterocycles. The van der Waals surface area contributed by atoms with E-state index in [0.717, 1.165) is 10.9 Å². The molecule has 5 nitrogen and oxygen atoms in total. The summed E-state index contributed by atoms with van der Waals surface area (Å²) in [6, 6.07) is 26.1. The molecule has 1 aromatic heterocycles. The van der Waals surface area contributed by atoms with Crippen LogP contribution in [0.2, 0.25) is 0 Å². The number of ether oxygens (including phenoxy) is 1. The van der Waals surface area contributed by atoms with Gasteiger partial charge in [-0.25, -0.2) is 0 Å². The average Bonchev–Trinajstić information content (AvgIpc) is 3.19. The number of fused-ring (bicyclic) bond motifs is 1. The Morgan fingerprint density at radius 3 is 2.21 bits per heavy atom. The smallest absolute Gasteiger partial charge is 0.289 e.